The third kappa shape index (κ3) is 5.03. The molecule has 3 aromatic heterocycles. The van der Waals surface area contributed by atoms with Crippen LogP contribution in [0.3, 0.4) is 0 Å². The van der Waals surface area contributed by atoms with E-state index in [0.29, 0.717) is 23.0 Å². The molecule has 3 rings (SSSR count). The Bertz CT molecular complexity index is 870. The summed E-state index contributed by atoms with van der Waals surface area (Å²) < 4.78 is 10.6. The van der Waals surface area contributed by atoms with E-state index < -0.39 is 0 Å². The summed E-state index contributed by atoms with van der Waals surface area (Å²) in [6, 6.07) is 6.94. The highest BCUT2D eigenvalue weighted by molar-refractivity contribution is 6.30. The van der Waals surface area contributed by atoms with Crippen LogP contribution < -0.4 is 10.1 Å². The van der Waals surface area contributed by atoms with E-state index in [1.54, 1.807) is 24.5 Å². The van der Waals surface area contributed by atoms with Gasteiger partial charge in [0.2, 0.25) is 0 Å². The third-order valence-electron chi connectivity index (χ3n) is 3.49. The highest BCUT2D eigenvalue weighted by Crippen LogP contribution is 2.17. The van der Waals surface area contributed by atoms with E-state index in [1.807, 2.05) is 19.1 Å². The molecular formula is C18H17ClN4O3. The fourth-order valence-corrected chi connectivity index (χ4v) is 2.50. The molecule has 3 heterocycles. The Morgan fingerprint density at radius 3 is 2.96 bits per heavy atom. The Hall–Kier alpha value is -2.93. The molecule has 0 fully saturated rings. The molecule has 3 aromatic rings. The summed E-state index contributed by atoms with van der Waals surface area (Å²) in [4.78, 5) is 20.2. The van der Waals surface area contributed by atoms with E-state index in [-0.39, 0.29) is 24.2 Å². The van der Waals surface area contributed by atoms with Crippen LogP contribution in [0.1, 0.15) is 28.7 Å². The molecule has 0 saturated heterocycles. The van der Waals surface area contributed by atoms with Crippen LogP contribution in [0.15, 0.2) is 53.6 Å². The summed E-state index contributed by atoms with van der Waals surface area (Å²) in [5.41, 5.74) is 1.25. The number of nitrogens with one attached hydrogen (secondary N) is 1. The number of carbonyl (C=O) groups excluding carboxylic acids is 1. The van der Waals surface area contributed by atoms with Crippen LogP contribution in [-0.4, -0.2) is 27.1 Å². The monoisotopic (exact) mass is 372 g/mol. The predicted molar refractivity (Wildman–Crippen MR) is 95.0 cm³/mol. The largest absolute Gasteiger partial charge is 0.484 e. The van der Waals surface area contributed by atoms with Crippen molar-refractivity contribution < 1.29 is 14.1 Å². The summed E-state index contributed by atoms with van der Waals surface area (Å²) in [5, 5.41) is 7.14. The Morgan fingerprint density at radius 2 is 2.19 bits per heavy atom. The van der Waals surface area contributed by atoms with Crippen molar-refractivity contribution >= 4 is 17.5 Å². The van der Waals surface area contributed by atoms with Crippen LogP contribution in [0.5, 0.6) is 5.75 Å². The molecule has 0 spiro atoms. The maximum atomic E-state index is 12.3. The van der Waals surface area contributed by atoms with Gasteiger partial charge < -0.3 is 14.6 Å². The van der Waals surface area contributed by atoms with Crippen molar-refractivity contribution in [3.63, 3.8) is 0 Å². The lowest BCUT2D eigenvalue weighted by Gasteiger charge is -2.12. The fourth-order valence-electron chi connectivity index (χ4n) is 2.33. The van der Waals surface area contributed by atoms with Crippen LogP contribution in [-0.2, 0) is 13.0 Å². The van der Waals surface area contributed by atoms with Crippen molar-refractivity contribution in [1.82, 2.24) is 20.4 Å². The lowest BCUT2D eigenvalue weighted by molar-refractivity contribution is 0.0930. The van der Waals surface area contributed by atoms with Crippen LogP contribution >= 0.6 is 11.6 Å². The van der Waals surface area contributed by atoms with Crippen molar-refractivity contribution in [2.75, 3.05) is 0 Å². The van der Waals surface area contributed by atoms with Crippen molar-refractivity contribution in [1.29, 1.82) is 0 Å². The molecule has 0 unspecified atom stereocenters. The molecule has 0 bridgehead atoms. The molecule has 0 aromatic carbocycles. The van der Waals surface area contributed by atoms with E-state index >= 15 is 0 Å². The number of halogens is 1. The van der Waals surface area contributed by atoms with Crippen LogP contribution in [0.4, 0.5) is 0 Å². The number of hydrogen-bond donors (Lipinski definition) is 1. The van der Waals surface area contributed by atoms with E-state index in [2.05, 4.69) is 20.4 Å². The highest BCUT2D eigenvalue weighted by Gasteiger charge is 2.15. The van der Waals surface area contributed by atoms with E-state index in [9.17, 15) is 4.79 Å². The van der Waals surface area contributed by atoms with Crippen LogP contribution in [0.2, 0.25) is 5.02 Å². The number of amides is 1. The molecule has 1 amide bonds. The Morgan fingerprint density at radius 1 is 1.31 bits per heavy atom. The normalized spacial score (nSPS) is 11.8. The average Bonchev–Trinajstić information content (AvgIpc) is 3.10. The number of nitrogens with zero attached hydrogens (tertiary/aromatic N) is 3. The van der Waals surface area contributed by atoms with Crippen molar-refractivity contribution in [3.05, 3.63) is 71.1 Å². The SMILES string of the molecule is C[C@@H](Cc1cccnc1)NC(=O)c1cc(COc2cncc(Cl)c2)on1. The van der Waals surface area contributed by atoms with Gasteiger partial charge in [0.15, 0.2) is 11.5 Å². The lowest BCUT2D eigenvalue weighted by atomic mass is 10.1. The van der Waals surface area contributed by atoms with Crippen molar-refractivity contribution in [3.8, 4) is 5.75 Å². The highest BCUT2D eigenvalue weighted by atomic mass is 35.5. The second kappa shape index (κ2) is 8.44. The van der Waals surface area contributed by atoms with E-state index in [0.717, 1.165) is 5.56 Å². The van der Waals surface area contributed by atoms with Gasteiger partial charge in [-0.15, -0.1) is 0 Å². The zero-order valence-corrected chi connectivity index (χ0v) is 14.8. The molecule has 8 heteroatoms. The standard InChI is InChI=1S/C18H17ClN4O3/c1-12(5-13-3-2-4-20-8-13)22-18(24)17-7-16(26-23-17)11-25-15-6-14(19)9-21-10-15/h2-4,6-10,12H,5,11H2,1H3,(H,22,24)/t12-/m0/s1. The van der Waals surface area contributed by atoms with E-state index in [1.165, 1.54) is 12.4 Å². The molecule has 1 N–H and O–H groups in total. The molecule has 0 aliphatic rings. The third-order valence-corrected chi connectivity index (χ3v) is 3.70. The Balaban J connectivity index is 1.52. The molecular weight excluding hydrogens is 356 g/mol. The Kier molecular flexibility index (Phi) is 5.80. The minimum atomic E-state index is -0.305. The summed E-state index contributed by atoms with van der Waals surface area (Å²) in [6.07, 6.45) is 7.22. The molecule has 7 nitrogen and oxygen atoms in total. The maximum absolute atomic E-state index is 12.3. The Labute approximate surface area is 155 Å². The maximum Gasteiger partial charge on any atom is 0.273 e. The quantitative estimate of drug-likeness (QED) is 0.685. The number of ether oxygens (including phenoxy) is 1. The summed E-state index contributed by atoms with van der Waals surface area (Å²) in [6.45, 7) is 2.04. The molecule has 1 atom stereocenters. The first kappa shape index (κ1) is 17.9. The zero-order chi connectivity index (χ0) is 18.4. The van der Waals surface area contributed by atoms with Gasteiger partial charge in [0, 0.05) is 36.8 Å². The first-order chi connectivity index (χ1) is 12.6. The van der Waals surface area contributed by atoms with Gasteiger partial charge in [-0.2, -0.15) is 0 Å². The molecule has 0 aliphatic heterocycles. The molecule has 0 radical (unpaired) electrons. The van der Waals surface area contributed by atoms with Crippen molar-refractivity contribution in [2.45, 2.75) is 26.0 Å². The second-order valence-electron chi connectivity index (χ2n) is 5.75. The molecule has 0 aliphatic carbocycles. The van der Waals surface area contributed by atoms with Crippen LogP contribution in [0.25, 0.3) is 0 Å². The molecule has 134 valence electrons. The number of carbonyl (C=O) groups is 1. The smallest absolute Gasteiger partial charge is 0.273 e. The number of pyridine rings is 2. The average molecular weight is 373 g/mol. The zero-order valence-electron chi connectivity index (χ0n) is 14.1. The predicted octanol–water partition coefficient (Wildman–Crippen LogP) is 3.06. The van der Waals surface area contributed by atoms with Gasteiger partial charge >= 0.3 is 0 Å². The minimum absolute atomic E-state index is 0.0689. The van der Waals surface area contributed by atoms with Gasteiger partial charge in [-0.3, -0.25) is 14.8 Å². The van der Waals surface area contributed by atoms with Gasteiger partial charge in [-0.1, -0.05) is 22.8 Å². The topological polar surface area (TPSA) is 90.1 Å². The molecule has 26 heavy (non-hydrogen) atoms. The summed E-state index contributed by atoms with van der Waals surface area (Å²) in [5.74, 6) is 0.626. The minimum Gasteiger partial charge on any atom is -0.484 e. The first-order valence-corrected chi connectivity index (χ1v) is 8.36. The van der Waals surface area contributed by atoms with Gasteiger partial charge in [0.25, 0.3) is 5.91 Å². The van der Waals surface area contributed by atoms with Gasteiger partial charge in [0.1, 0.15) is 12.4 Å². The van der Waals surface area contributed by atoms with Crippen LogP contribution in [0, 0.1) is 0 Å². The van der Waals surface area contributed by atoms with Gasteiger partial charge in [-0.05, 0) is 25.0 Å². The van der Waals surface area contributed by atoms with Gasteiger partial charge in [0.05, 0.1) is 11.2 Å². The fraction of sp³-hybridized carbons (Fsp3) is 0.222. The van der Waals surface area contributed by atoms with E-state index in [4.69, 9.17) is 20.9 Å². The van der Waals surface area contributed by atoms with Crippen molar-refractivity contribution in [2.24, 2.45) is 0 Å². The number of aromatic nitrogens is 3. The first-order valence-electron chi connectivity index (χ1n) is 7.99. The second-order valence-corrected chi connectivity index (χ2v) is 6.18. The lowest BCUT2D eigenvalue weighted by Crippen LogP contribution is -2.34. The van der Waals surface area contributed by atoms with Gasteiger partial charge in [-0.25, -0.2) is 0 Å². The molecule has 0 saturated carbocycles. The summed E-state index contributed by atoms with van der Waals surface area (Å²) >= 11 is 5.84. The summed E-state index contributed by atoms with van der Waals surface area (Å²) in [7, 11) is 0. The number of rotatable bonds is 7. The number of hydrogen-bond acceptors (Lipinski definition) is 6.